The van der Waals surface area contributed by atoms with E-state index in [0.717, 1.165) is 31.8 Å². The van der Waals surface area contributed by atoms with Gasteiger partial charge in [-0.15, -0.1) is 0 Å². The average Bonchev–Trinajstić information content (AvgIpc) is 2.94. The zero-order chi connectivity index (χ0) is 12.3. The minimum absolute atomic E-state index is 0.139. The molecule has 1 N–H and O–H groups in total. The zero-order valence-corrected chi connectivity index (χ0v) is 10.6. The molecule has 1 fully saturated rings. The van der Waals surface area contributed by atoms with Crippen molar-refractivity contribution in [3.8, 4) is 0 Å². The summed E-state index contributed by atoms with van der Waals surface area (Å²) in [5.41, 5.74) is 0. The quantitative estimate of drug-likeness (QED) is 0.794. The molecule has 0 spiro atoms. The van der Waals surface area contributed by atoms with Gasteiger partial charge in [0.15, 0.2) is 5.82 Å². The van der Waals surface area contributed by atoms with Crippen LogP contribution in [0.1, 0.15) is 24.2 Å². The molecule has 0 aromatic carbocycles. The topological polar surface area (TPSA) is 63.4 Å². The molecule has 1 saturated heterocycles. The molecule has 2 heterocycles. The number of ether oxygens (including phenoxy) is 1. The number of methoxy groups -OCH3 is 1. The smallest absolute Gasteiger partial charge is 0.243 e. The standard InChI is InChI=1S/C11H20N4O2/c1-15(2)5-4-10-13-11(17-14-10)9-6-8(16-3)7-12-9/h8-9,12H,4-7H2,1-3H3/t8-,9+/m0/s1. The van der Waals surface area contributed by atoms with Crippen LogP contribution in [0.2, 0.25) is 0 Å². The largest absolute Gasteiger partial charge is 0.380 e. The molecule has 1 aromatic heterocycles. The summed E-state index contributed by atoms with van der Waals surface area (Å²) < 4.78 is 10.6. The molecular formula is C11H20N4O2. The van der Waals surface area contributed by atoms with Crippen molar-refractivity contribution < 1.29 is 9.26 Å². The van der Waals surface area contributed by atoms with Crippen LogP contribution >= 0.6 is 0 Å². The molecule has 6 nitrogen and oxygen atoms in total. The Kier molecular flexibility index (Phi) is 4.09. The highest BCUT2D eigenvalue weighted by Crippen LogP contribution is 2.23. The van der Waals surface area contributed by atoms with Crippen LogP contribution in [0.15, 0.2) is 4.52 Å². The SMILES string of the molecule is CO[C@@H]1CN[C@@H](c2nc(CCN(C)C)no2)C1. The lowest BCUT2D eigenvalue weighted by atomic mass is 10.2. The van der Waals surface area contributed by atoms with E-state index in [2.05, 4.69) is 20.4 Å². The van der Waals surface area contributed by atoms with E-state index < -0.39 is 0 Å². The van der Waals surface area contributed by atoms with Crippen LogP contribution in [0.5, 0.6) is 0 Å². The Morgan fingerprint density at radius 1 is 1.53 bits per heavy atom. The lowest BCUT2D eigenvalue weighted by molar-refractivity contribution is 0.116. The Labute approximate surface area is 101 Å². The van der Waals surface area contributed by atoms with E-state index in [-0.39, 0.29) is 12.1 Å². The number of nitrogens with one attached hydrogen (secondary N) is 1. The summed E-state index contributed by atoms with van der Waals surface area (Å²) in [6.45, 7) is 1.77. The third kappa shape index (κ3) is 3.24. The van der Waals surface area contributed by atoms with E-state index in [0.29, 0.717) is 5.89 Å². The Hall–Kier alpha value is -0.980. The first-order chi connectivity index (χ1) is 8.19. The molecule has 96 valence electrons. The van der Waals surface area contributed by atoms with Gasteiger partial charge in [0.05, 0.1) is 12.1 Å². The first-order valence-electron chi connectivity index (χ1n) is 5.92. The zero-order valence-electron chi connectivity index (χ0n) is 10.6. The van der Waals surface area contributed by atoms with E-state index in [1.807, 2.05) is 14.1 Å². The van der Waals surface area contributed by atoms with Gasteiger partial charge in [-0.25, -0.2) is 0 Å². The van der Waals surface area contributed by atoms with Gasteiger partial charge in [-0.05, 0) is 20.5 Å². The van der Waals surface area contributed by atoms with Gasteiger partial charge in [0, 0.05) is 26.6 Å². The van der Waals surface area contributed by atoms with E-state index >= 15 is 0 Å². The Morgan fingerprint density at radius 3 is 3.00 bits per heavy atom. The molecular weight excluding hydrogens is 220 g/mol. The lowest BCUT2D eigenvalue weighted by Gasteiger charge is -2.05. The molecule has 1 aliphatic rings. The Bertz CT molecular complexity index is 353. The van der Waals surface area contributed by atoms with Crippen LogP contribution in [-0.2, 0) is 11.2 Å². The van der Waals surface area contributed by atoms with Gasteiger partial charge >= 0.3 is 0 Å². The van der Waals surface area contributed by atoms with E-state index in [1.165, 1.54) is 0 Å². The maximum absolute atomic E-state index is 5.29. The number of hydrogen-bond donors (Lipinski definition) is 1. The summed E-state index contributed by atoms with van der Waals surface area (Å²) in [6.07, 6.45) is 1.96. The predicted octanol–water partition coefficient (Wildman–Crippen LogP) is 0.223. The molecule has 0 radical (unpaired) electrons. The van der Waals surface area contributed by atoms with Gasteiger partial charge in [-0.3, -0.25) is 0 Å². The first-order valence-corrected chi connectivity index (χ1v) is 5.92. The normalized spacial score (nSPS) is 24.7. The van der Waals surface area contributed by atoms with Crippen molar-refractivity contribution in [2.24, 2.45) is 0 Å². The van der Waals surface area contributed by atoms with E-state index in [1.54, 1.807) is 7.11 Å². The summed E-state index contributed by atoms with van der Waals surface area (Å²) in [4.78, 5) is 6.51. The van der Waals surface area contributed by atoms with Gasteiger partial charge in [0.25, 0.3) is 0 Å². The van der Waals surface area contributed by atoms with E-state index in [4.69, 9.17) is 9.26 Å². The fourth-order valence-corrected chi connectivity index (χ4v) is 1.91. The minimum atomic E-state index is 0.139. The highest BCUT2D eigenvalue weighted by Gasteiger charge is 2.29. The van der Waals surface area contributed by atoms with Crippen molar-refractivity contribution >= 4 is 0 Å². The summed E-state index contributed by atoms with van der Waals surface area (Å²) in [6, 6.07) is 0.139. The van der Waals surface area contributed by atoms with Gasteiger partial charge in [0.1, 0.15) is 0 Å². The fraction of sp³-hybridized carbons (Fsp3) is 0.818. The minimum Gasteiger partial charge on any atom is -0.380 e. The van der Waals surface area contributed by atoms with Gasteiger partial charge in [-0.2, -0.15) is 4.98 Å². The number of aromatic nitrogens is 2. The molecule has 0 amide bonds. The maximum Gasteiger partial charge on any atom is 0.243 e. The molecule has 1 aliphatic heterocycles. The van der Waals surface area contributed by atoms with Crippen molar-refractivity contribution in [2.75, 3.05) is 34.3 Å². The number of hydrogen-bond acceptors (Lipinski definition) is 6. The van der Waals surface area contributed by atoms with Crippen LogP contribution in [0, 0.1) is 0 Å². The average molecular weight is 240 g/mol. The van der Waals surface area contributed by atoms with Crippen molar-refractivity contribution in [3.63, 3.8) is 0 Å². The monoisotopic (exact) mass is 240 g/mol. The van der Waals surface area contributed by atoms with Gasteiger partial charge < -0.3 is 19.5 Å². The predicted molar refractivity (Wildman–Crippen MR) is 62.7 cm³/mol. The second kappa shape index (κ2) is 5.57. The number of likely N-dealkylation sites (N-methyl/N-ethyl adjacent to an activating group) is 1. The maximum atomic E-state index is 5.29. The number of nitrogens with zero attached hydrogens (tertiary/aromatic N) is 3. The second-order valence-electron chi connectivity index (χ2n) is 4.66. The Balaban J connectivity index is 1.90. The highest BCUT2D eigenvalue weighted by atomic mass is 16.5. The third-order valence-electron chi connectivity index (χ3n) is 2.99. The summed E-state index contributed by atoms with van der Waals surface area (Å²) in [5.74, 6) is 1.45. The van der Waals surface area contributed by atoms with E-state index in [9.17, 15) is 0 Å². The molecule has 2 atom stereocenters. The molecule has 1 aromatic rings. The third-order valence-corrected chi connectivity index (χ3v) is 2.99. The van der Waals surface area contributed by atoms with Crippen LogP contribution in [0.3, 0.4) is 0 Å². The molecule has 0 unspecified atom stereocenters. The lowest BCUT2D eigenvalue weighted by Crippen LogP contribution is -2.17. The molecule has 0 aliphatic carbocycles. The van der Waals surface area contributed by atoms with Gasteiger partial charge in [0.2, 0.25) is 5.89 Å². The summed E-state index contributed by atoms with van der Waals surface area (Å²) in [5, 5.41) is 7.31. The molecule has 6 heteroatoms. The summed E-state index contributed by atoms with van der Waals surface area (Å²) in [7, 11) is 5.79. The number of rotatable bonds is 5. The van der Waals surface area contributed by atoms with Crippen molar-refractivity contribution in [2.45, 2.75) is 25.0 Å². The van der Waals surface area contributed by atoms with Crippen molar-refractivity contribution in [3.05, 3.63) is 11.7 Å². The first kappa shape index (κ1) is 12.5. The van der Waals surface area contributed by atoms with Crippen LogP contribution in [-0.4, -0.2) is 55.4 Å². The molecule has 0 bridgehead atoms. The molecule has 0 saturated carbocycles. The molecule has 17 heavy (non-hydrogen) atoms. The van der Waals surface area contributed by atoms with Crippen LogP contribution in [0.4, 0.5) is 0 Å². The Morgan fingerprint density at radius 2 is 2.35 bits per heavy atom. The highest BCUT2D eigenvalue weighted by molar-refractivity contribution is 4.98. The van der Waals surface area contributed by atoms with Crippen LogP contribution in [0.25, 0.3) is 0 Å². The van der Waals surface area contributed by atoms with Crippen molar-refractivity contribution in [1.29, 1.82) is 0 Å². The fourth-order valence-electron chi connectivity index (χ4n) is 1.91. The van der Waals surface area contributed by atoms with Crippen LogP contribution < -0.4 is 5.32 Å². The summed E-state index contributed by atoms with van der Waals surface area (Å²) >= 11 is 0. The molecule has 2 rings (SSSR count). The second-order valence-corrected chi connectivity index (χ2v) is 4.66. The van der Waals surface area contributed by atoms with Crippen molar-refractivity contribution in [1.82, 2.24) is 20.4 Å². The van der Waals surface area contributed by atoms with Gasteiger partial charge in [-0.1, -0.05) is 5.16 Å².